The summed E-state index contributed by atoms with van der Waals surface area (Å²) in [5, 5.41) is 20.8. The zero-order valence-corrected chi connectivity index (χ0v) is 10.2. The van der Waals surface area contributed by atoms with Crippen LogP contribution in [0.2, 0.25) is 0 Å². The largest absolute Gasteiger partial charge is 0.479 e. The fraction of sp³-hybridized carbons (Fsp3) is 0.900. The van der Waals surface area contributed by atoms with Gasteiger partial charge in [0.2, 0.25) is 0 Å². The van der Waals surface area contributed by atoms with Crippen LogP contribution in [0.4, 0.5) is 0 Å². The summed E-state index contributed by atoms with van der Waals surface area (Å²) in [4.78, 5) is 12.6. The van der Waals surface area contributed by atoms with Gasteiger partial charge >= 0.3 is 5.97 Å². The van der Waals surface area contributed by atoms with Crippen LogP contribution in [0.1, 0.15) is 6.92 Å². The zero-order valence-electron chi connectivity index (χ0n) is 10.2. The van der Waals surface area contributed by atoms with Crippen LogP contribution in [0.5, 0.6) is 0 Å². The molecule has 0 saturated carbocycles. The Kier molecular flexibility index (Phi) is 7.24. The second-order valence-electron chi connectivity index (χ2n) is 4.17. The summed E-state index contributed by atoms with van der Waals surface area (Å²) < 4.78 is 5.29. The number of carboxylic acid groups (broad SMARTS) is 1. The molecule has 1 unspecified atom stereocenters. The van der Waals surface area contributed by atoms with E-state index in [1.54, 1.807) is 0 Å². The summed E-state index contributed by atoms with van der Waals surface area (Å²) in [7, 11) is 3.93. The van der Waals surface area contributed by atoms with Crippen LogP contribution in [-0.4, -0.2) is 73.6 Å². The third-order valence-corrected chi connectivity index (χ3v) is 2.04. The smallest absolute Gasteiger partial charge is 0.336 e. The second kappa shape index (κ2) is 7.56. The fourth-order valence-corrected chi connectivity index (χ4v) is 0.901. The Hall–Kier alpha value is -0.690. The van der Waals surface area contributed by atoms with Crippen molar-refractivity contribution in [3.05, 3.63) is 0 Å². The van der Waals surface area contributed by atoms with E-state index >= 15 is 0 Å². The molecule has 6 heteroatoms. The first-order valence-corrected chi connectivity index (χ1v) is 5.25. The lowest BCUT2D eigenvalue weighted by molar-refractivity contribution is -0.156. The van der Waals surface area contributed by atoms with Gasteiger partial charge in [-0.2, -0.15) is 0 Å². The van der Waals surface area contributed by atoms with E-state index in [-0.39, 0.29) is 6.54 Å². The molecular formula is C10H22N2O4. The molecule has 6 nitrogen and oxygen atoms in total. The normalized spacial score (nSPS) is 15.1. The van der Waals surface area contributed by atoms with Gasteiger partial charge in [0.1, 0.15) is 0 Å². The lowest BCUT2D eigenvalue weighted by atomic mass is 10.1. The van der Waals surface area contributed by atoms with Crippen LogP contribution >= 0.6 is 0 Å². The molecule has 1 atom stereocenters. The lowest BCUT2D eigenvalue weighted by Gasteiger charge is -2.18. The Morgan fingerprint density at radius 3 is 2.56 bits per heavy atom. The van der Waals surface area contributed by atoms with E-state index in [9.17, 15) is 9.90 Å². The molecule has 0 radical (unpaired) electrons. The van der Waals surface area contributed by atoms with Crippen molar-refractivity contribution in [2.24, 2.45) is 0 Å². The van der Waals surface area contributed by atoms with Crippen LogP contribution in [-0.2, 0) is 9.53 Å². The molecule has 0 saturated heterocycles. The van der Waals surface area contributed by atoms with Crippen molar-refractivity contribution >= 4 is 5.97 Å². The molecular weight excluding hydrogens is 212 g/mol. The molecule has 0 aliphatic carbocycles. The fourth-order valence-electron chi connectivity index (χ4n) is 0.901. The van der Waals surface area contributed by atoms with Gasteiger partial charge in [-0.1, -0.05) is 0 Å². The van der Waals surface area contributed by atoms with Crippen molar-refractivity contribution in [1.82, 2.24) is 10.2 Å². The topological polar surface area (TPSA) is 82.0 Å². The van der Waals surface area contributed by atoms with E-state index < -0.39 is 11.6 Å². The van der Waals surface area contributed by atoms with Gasteiger partial charge in [-0.05, 0) is 21.0 Å². The summed E-state index contributed by atoms with van der Waals surface area (Å²) in [6, 6.07) is 0. The molecule has 0 aliphatic rings. The number of hydrogen-bond donors (Lipinski definition) is 3. The van der Waals surface area contributed by atoms with E-state index in [0.717, 1.165) is 6.54 Å². The van der Waals surface area contributed by atoms with Crippen LogP contribution in [0.3, 0.4) is 0 Å². The van der Waals surface area contributed by atoms with Crippen molar-refractivity contribution in [1.29, 1.82) is 0 Å². The summed E-state index contributed by atoms with van der Waals surface area (Å²) in [6.07, 6.45) is 0. The van der Waals surface area contributed by atoms with Gasteiger partial charge in [-0.15, -0.1) is 0 Å². The Labute approximate surface area is 96.2 Å². The van der Waals surface area contributed by atoms with Crippen LogP contribution in [0.25, 0.3) is 0 Å². The lowest BCUT2D eigenvalue weighted by Crippen LogP contribution is -2.45. The van der Waals surface area contributed by atoms with E-state index in [1.165, 1.54) is 6.92 Å². The molecule has 3 N–H and O–H groups in total. The zero-order chi connectivity index (χ0) is 12.6. The second-order valence-corrected chi connectivity index (χ2v) is 4.17. The molecule has 0 aliphatic heterocycles. The predicted octanol–water partition coefficient (Wildman–Crippen LogP) is -1.01. The Morgan fingerprint density at radius 2 is 2.06 bits per heavy atom. The molecule has 0 fully saturated rings. The first-order chi connectivity index (χ1) is 7.36. The number of hydrogen-bond acceptors (Lipinski definition) is 5. The maximum atomic E-state index is 10.5. The van der Waals surface area contributed by atoms with E-state index in [0.29, 0.717) is 19.8 Å². The number of ether oxygens (including phenoxy) is 1. The average molecular weight is 234 g/mol. The maximum Gasteiger partial charge on any atom is 0.336 e. The summed E-state index contributed by atoms with van der Waals surface area (Å²) >= 11 is 0. The summed E-state index contributed by atoms with van der Waals surface area (Å²) in [5.74, 6) is -1.23. The van der Waals surface area contributed by atoms with Crippen molar-refractivity contribution in [2.45, 2.75) is 12.5 Å². The first-order valence-electron chi connectivity index (χ1n) is 5.25. The van der Waals surface area contributed by atoms with E-state index in [4.69, 9.17) is 9.84 Å². The van der Waals surface area contributed by atoms with Crippen molar-refractivity contribution in [2.75, 3.05) is 46.9 Å². The molecule has 0 spiro atoms. The van der Waals surface area contributed by atoms with Crippen molar-refractivity contribution < 1.29 is 19.7 Å². The van der Waals surface area contributed by atoms with Gasteiger partial charge in [0.05, 0.1) is 13.2 Å². The van der Waals surface area contributed by atoms with Gasteiger partial charge in [0.15, 0.2) is 5.60 Å². The number of carboxylic acids is 1. The van der Waals surface area contributed by atoms with Crippen LogP contribution < -0.4 is 5.32 Å². The van der Waals surface area contributed by atoms with E-state index in [1.807, 2.05) is 19.0 Å². The Bertz CT molecular complexity index is 207. The molecule has 0 amide bonds. The third-order valence-electron chi connectivity index (χ3n) is 2.04. The van der Waals surface area contributed by atoms with Crippen LogP contribution in [0.15, 0.2) is 0 Å². The third kappa shape index (κ3) is 7.58. The standard InChI is InChI=1S/C10H22N2O4/c1-10(15,9(13)14)8-11-4-6-16-7-5-12(2)3/h11,15H,4-8H2,1-3H3,(H,13,14). The highest BCUT2D eigenvalue weighted by molar-refractivity contribution is 5.76. The number of carbonyl (C=O) groups is 1. The van der Waals surface area contributed by atoms with Crippen molar-refractivity contribution in [3.8, 4) is 0 Å². The van der Waals surface area contributed by atoms with Gasteiger partial charge in [-0.25, -0.2) is 4.79 Å². The number of likely N-dealkylation sites (N-methyl/N-ethyl adjacent to an activating group) is 1. The highest BCUT2D eigenvalue weighted by Crippen LogP contribution is 1.99. The highest BCUT2D eigenvalue weighted by atomic mass is 16.5. The summed E-state index contributed by atoms with van der Waals surface area (Å²) in [5.41, 5.74) is -1.72. The van der Waals surface area contributed by atoms with Gasteiger partial charge < -0.3 is 25.2 Å². The number of aliphatic carboxylic acids is 1. The highest BCUT2D eigenvalue weighted by Gasteiger charge is 2.28. The van der Waals surface area contributed by atoms with Gasteiger partial charge in [0.25, 0.3) is 0 Å². The molecule has 0 rings (SSSR count). The number of aliphatic hydroxyl groups is 1. The average Bonchev–Trinajstić information content (AvgIpc) is 2.15. The molecule has 0 aromatic carbocycles. The monoisotopic (exact) mass is 234 g/mol. The molecule has 0 aromatic heterocycles. The number of nitrogens with one attached hydrogen (secondary N) is 1. The van der Waals surface area contributed by atoms with Gasteiger partial charge in [-0.3, -0.25) is 0 Å². The molecule has 16 heavy (non-hydrogen) atoms. The molecule has 0 bridgehead atoms. The minimum atomic E-state index is -1.72. The minimum Gasteiger partial charge on any atom is -0.479 e. The van der Waals surface area contributed by atoms with Crippen molar-refractivity contribution in [3.63, 3.8) is 0 Å². The first kappa shape index (κ1) is 15.3. The SMILES string of the molecule is CN(C)CCOCCNCC(C)(O)C(=O)O. The molecule has 96 valence electrons. The minimum absolute atomic E-state index is 0.0133. The summed E-state index contributed by atoms with van der Waals surface area (Å²) in [6.45, 7) is 3.80. The quantitative estimate of drug-likeness (QED) is 0.443. The Morgan fingerprint density at radius 1 is 1.44 bits per heavy atom. The van der Waals surface area contributed by atoms with E-state index in [2.05, 4.69) is 5.32 Å². The predicted molar refractivity (Wildman–Crippen MR) is 60.5 cm³/mol. The number of rotatable bonds is 9. The van der Waals surface area contributed by atoms with Crippen LogP contribution in [0, 0.1) is 0 Å². The van der Waals surface area contributed by atoms with Gasteiger partial charge in [0, 0.05) is 19.6 Å². The maximum absolute atomic E-state index is 10.5. The molecule has 0 heterocycles. The molecule has 0 aromatic rings. The number of nitrogens with zero attached hydrogens (tertiary/aromatic N) is 1. The Balaban J connectivity index is 3.37.